The fourth-order valence-electron chi connectivity index (χ4n) is 4.35. The van der Waals surface area contributed by atoms with Crippen LogP contribution in [0.2, 0.25) is 0 Å². The smallest absolute Gasteiger partial charge is 0.379 e. The summed E-state index contributed by atoms with van der Waals surface area (Å²) in [5.74, 6) is 0.104. The molecule has 0 aromatic carbocycles. The quantitative estimate of drug-likeness (QED) is 0.603. The van der Waals surface area contributed by atoms with Gasteiger partial charge in [-0.2, -0.15) is 5.26 Å². The topological polar surface area (TPSA) is 116 Å². The summed E-state index contributed by atoms with van der Waals surface area (Å²) < 4.78 is 5.26. The first-order valence-corrected chi connectivity index (χ1v) is 10.9. The summed E-state index contributed by atoms with van der Waals surface area (Å²) in [6.45, 7) is 3.42. The number of morpholine rings is 1. The van der Waals surface area contributed by atoms with Crippen LogP contribution in [-0.2, 0) is 14.4 Å². The van der Waals surface area contributed by atoms with Crippen LogP contribution >= 0.6 is 0 Å². The molecule has 1 aliphatic carbocycles. The maximum Gasteiger partial charge on any atom is 0.426 e. The average Bonchev–Trinajstić information content (AvgIpc) is 2.75. The minimum Gasteiger partial charge on any atom is -0.379 e. The van der Waals surface area contributed by atoms with Crippen LogP contribution in [0.25, 0.3) is 0 Å². The molecule has 2 amide bonds. The highest BCUT2D eigenvalue weighted by atomic mass is 16.7. The first-order chi connectivity index (χ1) is 14.1. The molecular formula is C20H33N5O4. The number of ether oxygens (including phenoxy) is 1. The first kappa shape index (κ1) is 21.8. The molecule has 0 aromatic rings. The van der Waals surface area contributed by atoms with Crippen molar-refractivity contribution in [2.45, 2.75) is 62.9 Å². The van der Waals surface area contributed by atoms with Gasteiger partial charge in [0.1, 0.15) is 11.6 Å². The molecule has 2 aliphatic heterocycles. The molecule has 29 heavy (non-hydrogen) atoms. The monoisotopic (exact) mass is 407 g/mol. The van der Waals surface area contributed by atoms with Crippen molar-refractivity contribution < 1.29 is 19.2 Å². The van der Waals surface area contributed by atoms with Crippen LogP contribution in [0.4, 0.5) is 4.79 Å². The van der Waals surface area contributed by atoms with E-state index in [1.807, 2.05) is 0 Å². The number of carbonyl (C=O) groups is 2. The minimum atomic E-state index is -0.872. The van der Waals surface area contributed by atoms with Gasteiger partial charge < -0.3 is 25.5 Å². The van der Waals surface area contributed by atoms with E-state index >= 15 is 0 Å². The van der Waals surface area contributed by atoms with Crippen LogP contribution < -0.4 is 16.0 Å². The van der Waals surface area contributed by atoms with Crippen LogP contribution in [0.15, 0.2) is 0 Å². The van der Waals surface area contributed by atoms with Gasteiger partial charge in [0.2, 0.25) is 5.91 Å². The van der Waals surface area contributed by atoms with E-state index in [9.17, 15) is 14.9 Å². The Morgan fingerprint density at radius 1 is 1.21 bits per heavy atom. The van der Waals surface area contributed by atoms with Crippen molar-refractivity contribution in [1.29, 1.82) is 5.26 Å². The van der Waals surface area contributed by atoms with Gasteiger partial charge in [0.15, 0.2) is 0 Å². The Balaban J connectivity index is 1.61. The van der Waals surface area contributed by atoms with Crippen molar-refractivity contribution in [2.75, 3.05) is 39.4 Å². The number of nitrogens with zero attached hydrogens (tertiary/aromatic N) is 2. The third kappa shape index (κ3) is 6.56. The standard InChI is InChI=1S/C20H33N5O4/c21-15-20(6-8-22-9-7-20)24-18(26)17(14-16-4-2-1-3-5-16)23-19(27)29-25-10-12-28-13-11-25/h16-17,22H,1-14H2,(H,23,27)(H,24,26). The second-order valence-corrected chi connectivity index (χ2v) is 8.29. The molecule has 2 saturated heterocycles. The van der Waals surface area contributed by atoms with Crippen LogP contribution in [0.3, 0.4) is 0 Å². The normalized spacial score (nSPS) is 24.1. The van der Waals surface area contributed by atoms with E-state index in [0.29, 0.717) is 64.6 Å². The maximum atomic E-state index is 13.1. The molecule has 1 saturated carbocycles. The van der Waals surface area contributed by atoms with Gasteiger partial charge in [-0.25, -0.2) is 4.79 Å². The van der Waals surface area contributed by atoms with Gasteiger partial charge in [-0.3, -0.25) is 4.79 Å². The van der Waals surface area contributed by atoms with Crippen LogP contribution in [-0.4, -0.2) is 68.0 Å². The number of rotatable bonds is 6. The summed E-state index contributed by atoms with van der Waals surface area (Å²) >= 11 is 0. The summed E-state index contributed by atoms with van der Waals surface area (Å²) in [5, 5.41) is 20.1. The van der Waals surface area contributed by atoms with E-state index in [1.165, 1.54) is 6.42 Å². The second-order valence-electron chi connectivity index (χ2n) is 8.29. The van der Waals surface area contributed by atoms with Gasteiger partial charge >= 0.3 is 6.09 Å². The number of hydroxylamine groups is 2. The molecule has 0 radical (unpaired) electrons. The van der Waals surface area contributed by atoms with E-state index in [0.717, 1.165) is 25.7 Å². The lowest BCUT2D eigenvalue weighted by Crippen LogP contribution is -2.59. The van der Waals surface area contributed by atoms with Crippen molar-refractivity contribution in [3.8, 4) is 6.07 Å². The fourth-order valence-corrected chi connectivity index (χ4v) is 4.35. The Bertz CT molecular complexity index is 590. The van der Waals surface area contributed by atoms with Gasteiger partial charge in [-0.1, -0.05) is 32.1 Å². The molecule has 9 nitrogen and oxygen atoms in total. The van der Waals surface area contributed by atoms with Crippen LogP contribution in [0.1, 0.15) is 51.4 Å². The molecule has 3 fully saturated rings. The molecule has 1 unspecified atom stereocenters. The van der Waals surface area contributed by atoms with Gasteiger partial charge in [-0.15, -0.1) is 5.06 Å². The lowest BCUT2D eigenvalue weighted by molar-refractivity contribution is -0.147. The van der Waals surface area contributed by atoms with Crippen LogP contribution in [0.5, 0.6) is 0 Å². The van der Waals surface area contributed by atoms with E-state index in [2.05, 4.69) is 22.0 Å². The fraction of sp³-hybridized carbons (Fsp3) is 0.850. The SMILES string of the molecule is N#CC1(NC(=O)C(CC2CCCCC2)NC(=O)ON2CCOCC2)CCNCC1. The number of amides is 2. The highest BCUT2D eigenvalue weighted by Crippen LogP contribution is 2.28. The number of hydrogen-bond acceptors (Lipinski definition) is 7. The lowest BCUT2D eigenvalue weighted by atomic mass is 9.84. The number of nitrogens with one attached hydrogen (secondary N) is 3. The zero-order chi connectivity index (χ0) is 20.5. The summed E-state index contributed by atoms with van der Waals surface area (Å²) in [6, 6.07) is 1.59. The Hall–Kier alpha value is -1.89. The Kier molecular flexibility index (Phi) is 8.09. The predicted molar refractivity (Wildman–Crippen MR) is 106 cm³/mol. The predicted octanol–water partition coefficient (Wildman–Crippen LogP) is 1.06. The van der Waals surface area contributed by atoms with Gasteiger partial charge in [-0.05, 0) is 38.3 Å². The summed E-state index contributed by atoms with van der Waals surface area (Å²) in [5.41, 5.74) is -0.872. The Morgan fingerprint density at radius 3 is 2.55 bits per heavy atom. The van der Waals surface area contributed by atoms with Crippen molar-refractivity contribution in [1.82, 2.24) is 21.0 Å². The number of piperidine rings is 1. The second kappa shape index (κ2) is 10.8. The van der Waals surface area contributed by atoms with Gasteiger partial charge in [0, 0.05) is 0 Å². The first-order valence-electron chi connectivity index (χ1n) is 10.9. The van der Waals surface area contributed by atoms with Crippen molar-refractivity contribution in [2.24, 2.45) is 5.92 Å². The zero-order valence-corrected chi connectivity index (χ0v) is 17.1. The molecule has 2 heterocycles. The largest absolute Gasteiger partial charge is 0.426 e. The van der Waals surface area contributed by atoms with Crippen molar-refractivity contribution in [3.05, 3.63) is 0 Å². The number of hydrogen-bond donors (Lipinski definition) is 3. The molecule has 3 N–H and O–H groups in total. The van der Waals surface area contributed by atoms with Crippen molar-refractivity contribution in [3.63, 3.8) is 0 Å². The summed E-state index contributed by atoms with van der Waals surface area (Å²) in [7, 11) is 0. The number of carbonyl (C=O) groups excluding carboxylic acids is 2. The van der Waals surface area contributed by atoms with E-state index in [4.69, 9.17) is 9.57 Å². The highest BCUT2D eigenvalue weighted by molar-refractivity contribution is 5.86. The Morgan fingerprint density at radius 2 is 1.90 bits per heavy atom. The van der Waals surface area contributed by atoms with E-state index in [-0.39, 0.29) is 5.91 Å². The molecule has 9 heteroatoms. The van der Waals surface area contributed by atoms with Gasteiger partial charge in [0.05, 0.1) is 32.4 Å². The molecule has 3 aliphatic rings. The summed E-state index contributed by atoms with van der Waals surface area (Å²) in [4.78, 5) is 30.9. The average molecular weight is 408 g/mol. The highest BCUT2D eigenvalue weighted by Gasteiger charge is 2.37. The zero-order valence-electron chi connectivity index (χ0n) is 17.1. The minimum absolute atomic E-state index is 0.294. The van der Waals surface area contributed by atoms with E-state index < -0.39 is 17.7 Å². The van der Waals surface area contributed by atoms with Crippen molar-refractivity contribution >= 4 is 12.0 Å². The van der Waals surface area contributed by atoms with Crippen LogP contribution in [0, 0.1) is 17.2 Å². The molecule has 3 rings (SSSR count). The maximum absolute atomic E-state index is 13.1. The molecule has 0 aromatic heterocycles. The Labute approximate surface area is 172 Å². The molecule has 0 bridgehead atoms. The molecule has 162 valence electrons. The van der Waals surface area contributed by atoms with Gasteiger partial charge in [0.25, 0.3) is 0 Å². The number of nitriles is 1. The molecule has 0 spiro atoms. The third-order valence-electron chi connectivity index (χ3n) is 6.12. The third-order valence-corrected chi connectivity index (χ3v) is 6.12. The van der Waals surface area contributed by atoms with E-state index in [1.54, 1.807) is 5.06 Å². The molecular weight excluding hydrogens is 374 g/mol. The molecule has 1 atom stereocenters. The lowest BCUT2D eigenvalue weighted by Gasteiger charge is -2.34. The summed E-state index contributed by atoms with van der Waals surface area (Å²) in [6.07, 6.45) is 6.74.